The van der Waals surface area contributed by atoms with Crippen molar-refractivity contribution in [2.24, 2.45) is 0 Å². The highest BCUT2D eigenvalue weighted by molar-refractivity contribution is 7.89. The Balaban J connectivity index is 1.89. The fourth-order valence-corrected chi connectivity index (χ4v) is 4.19. The van der Waals surface area contributed by atoms with E-state index < -0.39 is 26.9 Å². The van der Waals surface area contributed by atoms with Gasteiger partial charge < -0.3 is 9.47 Å². The summed E-state index contributed by atoms with van der Waals surface area (Å²) in [5.41, 5.74) is -0.119. The van der Waals surface area contributed by atoms with Gasteiger partial charge >= 0.3 is 0 Å². The molecule has 2 N–H and O–H groups in total. The van der Waals surface area contributed by atoms with Gasteiger partial charge in [0.05, 0.1) is 29.9 Å². The number of amides is 1. The maximum atomic E-state index is 13.6. The van der Waals surface area contributed by atoms with Crippen LogP contribution in [0, 0.1) is 12.7 Å². The zero-order valence-corrected chi connectivity index (χ0v) is 17.1. The molecule has 2 heterocycles. The van der Waals surface area contributed by atoms with Crippen molar-refractivity contribution in [2.45, 2.75) is 24.3 Å². The zero-order valence-electron chi connectivity index (χ0n) is 15.5. The highest BCUT2D eigenvalue weighted by atomic mass is 35.5. The van der Waals surface area contributed by atoms with Crippen LogP contribution in [0.2, 0.25) is 5.15 Å². The summed E-state index contributed by atoms with van der Waals surface area (Å²) in [6.45, 7) is 2.12. The minimum Gasteiger partial charge on any atom is -0.496 e. The second-order valence-electron chi connectivity index (χ2n) is 6.24. The smallest absolute Gasteiger partial charge is 0.261 e. The molecule has 0 radical (unpaired) electrons. The molecule has 1 aromatic heterocycles. The molecule has 2 aromatic rings. The Morgan fingerprint density at radius 2 is 2.14 bits per heavy atom. The van der Waals surface area contributed by atoms with Gasteiger partial charge in [0.1, 0.15) is 5.75 Å². The molecule has 1 aromatic carbocycles. The summed E-state index contributed by atoms with van der Waals surface area (Å²) in [6.07, 6.45) is 0.560. The van der Waals surface area contributed by atoms with Gasteiger partial charge in [-0.1, -0.05) is 11.6 Å². The molecule has 1 saturated heterocycles. The second-order valence-corrected chi connectivity index (χ2v) is 8.31. The Morgan fingerprint density at radius 1 is 1.38 bits per heavy atom. The number of ether oxygens (including phenoxy) is 2. The normalized spacial score (nSPS) is 16.6. The van der Waals surface area contributed by atoms with Gasteiger partial charge in [0, 0.05) is 12.6 Å². The molecule has 1 amide bonds. The molecule has 0 saturated carbocycles. The quantitative estimate of drug-likeness (QED) is 0.653. The second kappa shape index (κ2) is 8.57. The molecule has 1 atom stereocenters. The summed E-state index contributed by atoms with van der Waals surface area (Å²) in [7, 11) is -2.55. The number of carbonyl (C=O) groups excluding carboxylic acids is 1. The van der Waals surface area contributed by atoms with Crippen molar-refractivity contribution in [3.63, 3.8) is 0 Å². The first-order chi connectivity index (χ1) is 13.7. The van der Waals surface area contributed by atoms with Crippen molar-refractivity contribution in [3.05, 3.63) is 40.4 Å². The van der Waals surface area contributed by atoms with Crippen LogP contribution in [0.1, 0.15) is 22.5 Å². The Morgan fingerprint density at radius 3 is 2.76 bits per heavy atom. The van der Waals surface area contributed by atoms with Crippen LogP contribution >= 0.6 is 11.6 Å². The van der Waals surface area contributed by atoms with E-state index in [9.17, 15) is 17.6 Å². The number of nitrogens with one attached hydrogen (secondary N) is 2. The molecule has 12 heteroatoms. The lowest BCUT2D eigenvalue weighted by Gasteiger charge is -2.14. The van der Waals surface area contributed by atoms with E-state index >= 15 is 0 Å². The van der Waals surface area contributed by atoms with E-state index in [1.807, 2.05) is 0 Å². The number of nitrogens with zero attached hydrogens (tertiary/aromatic N) is 2. The average molecular weight is 445 g/mol. The minimum atomic E-state index is -3.88. The van der Waals surface area contributed by atoms with Crippen LogP contribution in [0.25, 0.3) is 0 Å². The van der Waals surface area contributed by atoms with Gasteiger partial charge in [0.25, 0.3) is 5.91 Å². The topological polar surface area (TPSA) is 120 Å². The molecule has 1 aliphatic heterocycles. The van der Waals surface area contributed by atoms with Gasteiger partial charge in [-0.05, 0) is 31.5 Å². The summed E-state index contributed by atoms with van der Waals surface area (Å²) in [4.78, 5) is 20.0. The first-order valence-corrected chi connectivity index (χ1v) is 10.4. The third-order valence-electron chi connectivity index (χ3n) is 4.18. The van der Waals surface area contributed by atoms with Crippen LogP contribution in [-0.2, 0) is 14.8 Å². The third-order valence-corrected chi connectivity index (χ3v) is 5.95. The fourth-order valence-electron chi connectivity index (χ4n) is 2.70. The summed E-state index contributed by atoms with van der Waals surface area (Å²) in [6, 6.07) is 3.52. The Hall–Kier alpha value is -2.34. The van der Waals surface area contributed by atoms with Gasteiger partial charge in [-0.25, -0.2) is 22.5 Å². The lowest BCUT2D eigenvalue weighted by atomic mass is 10.2. The first-order valence-electron chi connectivity index (χ1n) is 8.50. The van der Waals surface area contributed by atoms with Crippen molar-refractivity contribution in [3.8, 4) is 5.75 Å². The zero-order chi connectivity index (χ0) is 21.2. The maximum absolute atomic E-state index is 13.6. The molecule has 1 fully saturated rings. The minimum absolute atomic E-state index is 0.0495. The molecule has 156 valence electrons. The lowest BCUT2D eigenvalue weighted by Crippen LogP contribution is -2.35. The molecular formula is C17H18ClFN4O5S. The van der Waals surface area contributed by atoms with E-state index in [1.165, 1.54) is 32.2 Å². The van der Waals surface area contributed by atoms with Crippen LogP contribution in [0.5, 0.6) is 5.75 Å². The number of anilines is 1. The molecule has 0 spiro atoms. The number of hydrogen-bond acceptors (Lipinski definition) is 7. The number of halogens is 2. The monoisotopic (exact) mass is 444 g/mol. The summed E-state index contributed by atoms with van der Waals surface area (Å²) in [5, 5.41) is 1.92. The van der Waals surface area contributed by atoms with Crippen LogP contribution in [0.4, 0.5) is 10.3 Å². The number of rotatable bonds is 6. The fraction of sp³-hybridized carbons (Fsp3) is 0.353. The summed E-state index contributed by atoms with van der Waals surface area (Å²) >= 11 is 5.67. The largest absolute Gasteiger partial charge is 0.496 e. The van der Waals surface area contributed by atoms with Crippen molar-refractivity contribution in [2.75, 3.05) is 25.6 Å². The van der Waals surface area contributed by atoms with E-state index in [2.05, 4.69) is 20.0 Å². The highest BCUT2D eigenvalue weighted by Gasteiger charge is 2.25. The van der Waals surface area contributed by atoms with Crippen molar-refractivity contribution < 1.29 is 27.1 Å². The van der Waals surface area contributed by atoms with Crippen LogP contribution in [0.3, 0.4) is 0 Å². The molecule has 29 heavy (non-hydrogen) atoms. The molecule has 1 aliphatic rings. The number of hydrogen-bond donors (Lipinski definition) is 2. The van der Waals surface area contributed by atoms with E-state index in [1.54, 1.807) is 0 Å². The van der Waals surface area contributed by atoms with Crippen molar-refractivity contribution in [1.82, 2.24) is 14.7 Å². The number of methoxy groups -OCH3 is 1. The number of benzene rings is 1. The predicted molar refractivity (Wildman–Crippen MR) is 102 cm³/mol. The van der Waals surface area contributed by atoms with Crippen LogP contribution < -0.4 is 14.8 Å². The highest BCUT2D eigenvalue weighted by Crippen LogP contribution is 2.24. The Labute approximate surface area is 171 Å². The standard InChI is InChI=1S/C17H18ClFN4O5S/c1-9-14(19)15(18)21-17(20-9)22-16(24)12-7-11(3-4-13(12)27-2)29(25,26)23-10-5-6-28-8-10/h3-4,7,10,23H,5-6,8H2,1-2H3,(H,20,21,22,24)/t10-/m0/s1. The average Bonchev–Trinajstić information content (AvgIpc) is 3.17. The Bertz CT molecular complexity index is 1020. The van der Waals surface area contributed by atoms with Crippen LogP contribution in [0.15, 0.2) is 23.1 Å². The molecule has 9 nitrogen and oxygen atoms in total. The van der Waals surface area contributed by atoms with Crippen molar-refractivity contribution >= 4 is 33.5 Å². The van der Waals surface area contributed by atoms with E-state index in [-0.39, 0.29) is 40.5 Å². The number of aromatic nitrogens is 2. The van der Waals surface area contributed by atoms with Crippen LogP contribution in [-0.4, -0.2) is 50.7 Å². The molecule has 3 rings (SSSR count). The molecule has 0 aliphatic carbocycles. The third kappa shape index (κ3) is 4.81. The van der Waals surface area contributed by atoms with Gasteiger partial charge in [-0.3, -0.25) is 10.1 Å². The van der Waals surface area contributed by atoms with Gasteiger partial charge in [-0.15, -0.1) is 0 Å². The first kappa shape index (κ1) is 21.4. The molecule has 0 unspecified atom stereocenters. The number of aryl methyl sites for hydroxylation is 1. The lowest BCUT2D eigenvalue weighted by molar-refractivity contribution is 0.102. The number of carbonyl (C=O) groups is 1. The summed E-state index contributed by atoms with van der Waals surface area (Å²) in [5.74, 6) is -1.63. The van der Waals surface area contributed by atoms with Gasteiger partial charge in [0.2, 0.25) is 16.0 Å². The van der Waals surface area contributed by atoms with E-state index in [4.69, 9.17) is 21.1 Å². The number of sulfonamides is 1. The molecule has 0 bridgehead atoms. The van der Waals surface area contributed by atoms with Gasteiger partial charge in [-0.2, -0.15) is 4.98 Å². The maximum Gasteiger partial charge on any atom is 0.261 e. The van der Waals surface area contributed by atoms with Crippen molar-refractivity contribution in [1.29, 1.82) is 0 Å². The van der Waals surface area contributed by atoms with Gasteiger partial charge in [0.15, 0.2) is 11.0 Å². The van der Waals surface area contributed by atoms with E-state index in [0.717, 1.165) is 0 Å². The summed E-state index contributed by atoms with van der Waals surface area (Å²) < 4.78 is 51.7. The predicted octanol–water partition coefficient (Wildman–Crippen LogP) is 1.91. The molecular weight excluding hydrogens is 427 g/mol. The SMILES string of the molecule is COc1ccc(S(=O)(=O)N[C@H]2CCOC2)cc1C(=O)Nc1nc(C)c(F)c(Cl)n1. The Kier molecular flexibility index (Phi) is 6.32. The van der Waals surface area contributed by atoms with E-state index in [0.29, 0.717) is 13.0 Å².